The second-order valence-electron chi connectivity index (χ2n) is 8.18. The zero-order valence-corrected chi connectivity index (χ0v) is 19.0. The standard InChI is InChI=1S/C23H28FN7O2/c1-25-22(32)17-8-16(21(24)20(9-17)33-3)5-4-15-10-26-23(27-11-15)29-18-12-28-31(13-18)19-6-7-30(2)14-19/h8-13,19H,4-7,14H2,1-3H3,(H,25,32)(H,26,27,29)/t19-/m0/s1. The minimum atomic E-state index is -0.463. The molecule has 9 nitrogen and oxygen atoms in total. The summed E-state index contributed by atoms with van der Waals surface area (Å²) in [6.45, 7) is 2.06. The lowest BCUT2D eigenvalue weighted by Crippen LogP contribution is -2.18. The maximum absolute atomic E-state index is 14.7. The van der Waals surface area contributed by atoms with Crippen molar-refractivity contribution in [3.05, 3.63) is 59.4 Å². The highest BCUT2D eigenvalue weighted by Gasteiger charge is 2.21. The summed E-state index contributed by atoms with van der Waals surface area (Å²) in [6.07, 6.45) is 9.15. The van der Waals surface area contributed by atoms with E-state index in [9.17, 15) is 9.18 Å². The van der Waals surface area contributed by atoms with Crippen molar-refractivity contribution >= 4 is 17.5 Å². The van der Waals surface area contributed by atoms with Gasteiger partial charge in [-0.15, -0.1) is 0 Å². The van der Waals surface area contributed by atoms with Crippen LogP contribution in [0, 0.1) is 5.82 Å². The van der Waals surface area contributed by atoms with E-state index >= 15 is 0 Å². The molecule has 1 aliphatic rings. The van der Waals surface area contributed by atoms with Crippen LogP contribution < -0.4 is 15.4 Å². The number of ether oxygens (including phenoxy) is 1. The number of hydrogen-bond acceptors (Lipinski definition) is 7. The Balaban J connectivity index is 1.38. The first-order valence-corrected chi connectivity index (χ1v) is 10.9. The number of nitrogens with one attached hydrogen (secondary N) is 2. The van der Waals surface area contributed by atoms with Gasteiger partial charge in [0.2, 0.25) is 5.95 Å². The van der Waals surface area contributed by atoms with Gasteiger partial charge in [0, 0.05) is 37.7 Å². The van der Waals surface area contributed by atoms with E-state index in [1.165, 1.54) is 20.2 Å². The fourth-order valence-corrected chi connectivity index (χ4v) is 3.95. The van der Waals surface area contributed by atoms with Gasteiger partial charge in [-0.3, -0.25) is 9.48 Å². The molecule has 2 N–H and O–H groups in total. The number of carbonyl (C=O) groups excluding carboxylic acids is 1. The van der Waals surface area contributed by atoms with Gasteiger partial charge in [0.25, 0.3) is 5.91 Å². The number of nitrogens with zero attached hydrogens (tertiary/aromatic N) is 5. The Kier molecular flexibility index (Phi) is 6.83. The second kappa shape index (κ2) is 9.95. The van der Waals surface area contributed by atoms with Gasteiger partial charge in [0.15, 0.2) is 11.6 Å². The lowest BCUT2D eigenvalue weighted by molar-refractivity contribution is 0.0962. The van der Waals surface area contributed by atoms with Crippen LogP contribution in [0.5, 0.6) is 5.75 Å². The summed E-state index contributed by atoms with van der Waals surface area (Å²) < 4.78 is 21.7. The Morgan fingerprint density at radius 3 is 2.70 bits per heavy atom. The Bertz CT molecular complexity index is 1120. The molecule has 1 amide bonds. The van der Waals surface area contributed by atoms with E-state index in [-0.39, 0.29) is 11.7 Å². The molecule has 0 spiro atoms. The molecule has 1 aliphatic heterocycles. The summed E-state index contributed by atoms with van der Waals surface area (Å²) in [7, 11) is 5.02. The Morgan fingerprint density at radius 2 is 2.03 bits per heavy atom. The fourth-order valence-electron chi connectivity index (χ4n) is 3.95. The summed E-state index contributed by atoms with van der Waals surface area (Å²) in [4.78, 5) is 23.0. The molecule has 2 aromatic heterocycles. The van der Waals surface area contributed by atoms with Crippen molar-refractivity contribution < 1.29 is 13.9 Å². The number of carbonyl (C=O) groups is 1. The molecule has 10 heteroatoms. The summed E-state index contributed by atoms with van der Waals surface area (Å²) in [5.74, 6) is -0.241. The third-order valence-corrected chi connectivity index (χ3v) is 5.81. The number of aryl methyl sites for hydroxylation is 2. The first-order valence-electron chi connectivity index (χ1n) is 10.9. The van der Waals surface area contributed by atoms with Gasteiger partial charge in [0.1, 0.15) is 0 Å². The molecule has 0 unspecified atom stereocenters. The number of likely N-dealkylation sites (tertiary alicyclic amines) is 1. The largest absolute Gasteiger partial charge is 0.494 e. The molecule has 3 aromatic rings. The number of amides is 1. The number of hydrogen-bond donors (Lipinski definition) is 2. The van der Waals surface area contributed by atoms with E-state index in [1.807, 2.05) is 10.9 Å². The molecule has 1 aromatic carbocycles. The van der Waals surface area contributed by atoms with Crippen molar-refractivity contribution in [1.29, 1.82) is 0 Å². The van der Waals surface area contributed by atoms with Crippen molar-refractivity contribution in [2.45, 2.75) is 25.3 Å². The topological polar surface area (TPSA) is 97.2 Å². The van der Waals surface area contributed by atoms with E-state index < -0.39 is 5.82 Å². The highest BCUT2D eigenvalue weighted by Crippen LogP contribution is 2.25. The summed E-state index contributed by atoms with van der Waals surface area (Å²) >= 11 is 0. The molecule has 174 valence electrons. The smallest absolute Gasteiger partial charge is 0.251 e. The quantitative estimate of drug-likeness (QED) is 0.541. The Hall–Kier alpha value is -3.53. The van der Waals surface area contributed by atoms with Gasteiger partial charge in [-0.2, -0.15) is 5.10 Å². The van der Waals surface area contributed by atoms with Crippen molar-refractivity contribution in [3.63, 3.8) is 0 Å². The van der Waals surface area contributed by atoms with Crippen LogP contribution in [0.15, 0.2) is 36.9 Å². The normalized spacial score (nSPS) is 16.1. The molecule has 1 atom stereocenters. The predicted molar refractivity (Wildman–Crippen MR) is 122 cm³/mol. The molecule has 3 heterocycles. The van der Waals surface area contributed by atoms with E-state index in [1.54, 1.807) is 24.7 Å². The number of benzene rings is 1. The molecule has 4 rings (SSSR count). The minimum Gasteiger partial charge on any atom is -0.494 e. The highest BCUT2D eigenvalue weighted by atomic mass is 19.1. The number of aromatic nitrogens is 4. The van der Waals surface area contributed by atoms with Gasteiger partial charge in [-0.25, -0.2) is 14.4 Å². The van der Waals surface area contributed by atoms with Gasteiger partial charge >= 0.3 is 0 Å². The maximum Gasteiger partial charge on any atom is 0.251 e. The van der Waals surface area contributed by atoms with Crippen LogP contribution in [-0.2, 0) is 12.8 Å². The number of rotatable bonds is 8. The lowest BCUT2D eigenvalue weighted by Gasteiger charge is -2.11. The average molecular weight is 454 g/mol. The van der Waals surface area contributed by atoms with Gasteiger partial charge < -0.3 is 20.3 Å². The third kappa shape index (κ3) is 5.28. The van der Waals surface area contributed by atoms with Gasteiger partial charge in [-0.1, -0.05) is 0 Å². The number of halogens is 1. The molecule has 0 bridgehead atoms. The highest BCUT2D eigenvalue weighted by molar-refractivity contribution is 5.94. The van der Waals surface area contributed by atoms with Gasteiger partial charge in [0.05, 0.1) is 25.0 Å². The first-order chi connectivity index (χ1) is 16.0. The van der Waals surface area contributed by atoms with Crippen LogP contribution in [0.2, 0.25) is 0 Å². The SMILES string of the molecule is CNC(=O)c1cc(CCc2cnc(Nc3cnn([C@H]4CCN(C)C4)c3)nc2)c(F)c(OC)c1. The van der Waals surface area contributed by atoms with Crippen LogP contribution in [0.4, 0.5) is 16.0 Å². The molecular weight excluding hydrogens is 425 g/mol. The monoisotopic (exact) mass is 453 g/mol. The first kappa shape index (κ1) is 22.7. The van der Waals surface area contributed by atoms with Crippen molar-refractivity contribution in [1.82, 2.24) is 30.0 Å². The lowest BCUT2D eigenvalue weighted by atomic mass is 10.0. The summed E-state index contributed by atoms with van der Waals surface area (Å²) in [5, 5.41) is 10.2. The number of anilines is 2. The van der Waals surface area contributed by atoms with Crippen LogP contribution in [0.25, 0.3) is 0 Å². The maximum atomic E-state index is 14.7. The van der Waals surface area contributed by atoms with E-state index in [2.05, 4.69) is 37.6 Å². The second-order valence-corrected chi connectivity index (χ2v) is 8.18. The Morgan fingerprint density at radius 1 is 1.24 bits per heavy atom. The van der Waals surface area contributed by atoms with Crippen LogP contribution in [0.1, 0.15) is 33.9 Å². The predicted octanol–water partition coefficient (Wildman–Crippen LogP) is 2.59. The van der Waals surface area contributed by atoms with Crippen molar-refractivity contribution in [2.75, 3.05) is 39.6 Å². The van der Waals surface area contributed by atoms with Crippen molar-refractivity contribution in [3.8, 4) is 5.75 Å². The van der Waals surface area contributed by atoms with Crippen LogP contribution in [0.3, 0.4) is 0 Å². The van der Waals surface area contributed by atoms with Crippen LogP contribution >= 0.6 is 0 Å². The van der Waals surface area contributed by atoms with Crippen molar-refractivity contribution in [2.24, 2.45) is 0 Å². The molecular formula is C23H28FN7O2. The Labute approximate surface area is 192 Å². The van der Waals surface area contributed by atoms with Gasteiger partial charge in [-0.05, 0) is 56.1 Å². The average Bonchev–Trinajstić information content (AvgIpc) is 3.47. The number of likely N-dealkylation sites (N-methyl/N-ethyl adjacent to an activating group) is 1. The van der Waals surface area contributed by atoms with E-state index in [0.717, 1.165) is 30.8 Å². The summed E-state index contributed by atoms with van der Waals surface area (Å²) in [5.41, 5.74) is 2.44. The van der Waals surface area contributed by atoms with E-state index in [4.69, 9.17) is 4.74 Å². The molecule has 1 saturated heterocycles. The zero-order chi connectivity index (χ0) is 23.4. The number of methoxy groups -OCH3 is 1. The zero-order valence-electron chi connectivity index (χ0n) is 19.0. The molecule has 0 saturated carbocycles. The molecule has 1 fully saturated rings. The van der Waals surface area contributed by atoms with E-state index in [0.29, 0.717) is 36.0 Å². The van der Waals surface area contributed by atoms with Crippen LogP contribution in [-0.4, -0.2) is 64.9 Å². The molecule has 33 heavy (non-hydrogen) atoms. The molecule has 0 aliphatic carbocycles. The fraction of sp³-hybridized carbons (Fsp3) is 0.391. The third-order valence-electron chi connectivity index (χ3n) is 5.81. The minimum absolute atomic E-state index is 0.0479. The molecule has 0 radical (unpaired) electrons. The summed E-state index contributed by atoms with van der Waals surface area (Å²) in [6, 6.07) is 3.33.